The number of fused-ring (bicyclic) bond motifs is 4. The van der Waals surface area contributed by atoms with Crippen LogP contribution in [0.5, 0.6) is 0 Å². The summed E-state index contributed by atoms with van der Waals surface area (Å²) in [5, 5.41) is 1.56. The molecule has 0 saturated heterocycles. The Balaban J connectivity index is 0.00000528. The number of nitrogens with zero attached hydrogens (tertiary/aromatic N) is 5. The van der Waals surface area contributed by atoms with E-state index < -0.39 is 23.6 Å². The third-order valence-corrected chi connectivity index (χ3v) is 10.0. The van der Waals surface area contributed by atoms with Crippen molar-refractivity contribution >= 4 is 50.6 Å². The molecule has 4 heterocycles. The number of alkyl halides is 2. The zero-order valence-corrected chi connectivity index (χ0v) is 34.2. The smallest absolute Gasteiger partial charge is 0.318 e. The molecule has 8 heteroatoms. The van der Waals surface area contributed by atoms with Crippen LogP contribution in [0.1, 0.15) is 94.6 Å². The molecule has 278 valence electrons. The first-order valence-electron chi connectivity index (χ1n) is 20.1. The first-order chi connectivity index (χ1) is 27.3. The average Bonchev–Trinajstić information content (AvgIpc) is 3.75. The van der Waals surface area contributed by atoms with Gasteiger partial charge in [-0.25, -0.2) is 13.8 Å². The van der Waals surface area contributed by atoms with E-state index in [0.717, 1.165) is 33.2 Å². The molecule has 7 aromatic rings. The Bertz CT molecular complexity index is 2890. The molecule has 0 aliphatic carbocycles. The van der Waals surface area contributed by atoms with Crippen LogP contribution in [0.3, 0.4) is 0 Å². The number of benzene rings is 4. The van der Waals surface area contributed by atoms with E-state index in [1.807, 2.05) is 41.0 Å². The molecule has 0 bridgehead atoms. The molecular weight excluding hydrogens is 868 g/mol. The van der Waals surface area contributed by atoms with Gasteiger partial charge in [0.25, 0.3) is 17.3 Å². The van der Waals surface area contributed by atoms with Crippen molar-refractivity contribution in [3.05, 3.63) is 149 Å². The van der Waals surface area contributed by atoms with Gasteiger partial charge in [-0.05, 0) is 50.5 Å². The Morgan fingerprint density at radius 1 is 0.782 bits per heavy atom. The van der Waals surface area contributed by atoms with E-state index in [1.165, 1.54) is 22.8 Å². The fourth-order valence-electron chi connectivity index (χ4n) is 7.19. The van der Waals surface area contributed by atoms with Gasteiger partial charge in [0.05, 0.1) is 17.2 Å². The summed E-state index contributed by atoms with van der Waals surface area (Å²) in [6, 6.07) is 27.1. The van der Waals surface area contributed by atoms with Crippen LogP contribution >= 0.6 is 0 Å². The molecular formula is C47H43F2N5Pt+2. The van der Waals surface area contributed by atoms with Crippen LogP contribution in [0, 0.1) is 12.1 Å². The normalized spacial score (nSPS) is 14.2. The maximum atomic E-state index is 17.0. The van der Waals surface area contributed by atoms with E-state index >= 15 is 8.78 Å². The van der Waals surface area contributed by atoms with Gasteiger partial charge >= 0.3 is 27.1 Å². The van der Waals surface area contributed by atoms with E-state index in [2.05, 4.69) is 83.5 Å². The maximum absolute atomic E-state index is 17.0. The fourth-order valence-corrected chi connectivity index (χ4v) is 7.19. The molecule has 0 spiro atoms. The molecule has 0 fully saturated rings. The third-order valence-electron chi connectivity index (χ3n) is 10.0. The van der Waals surface area contributed by atoms with E-state index in [9.17, 15) is 0 Å². The second kappa shape index (κ2) is 13.9. The van der Waals surface area contributed by atoms with Crippen LogP contribution in [0.2, 0.25) is 0 Å². The summed E-state index contributed by atoms with van der Waals surface area (Å²) < 4.78 is 74.5. The van der Waals surface area contributed by atoms with E-state index in [4.69, 9.17) is 5.48 Å². The quantitative estimate of drug-likeness (QED) is 0.123. The number of hydrogen-bond donors (Lipinski definition) is 0. The number of rotatable bonds is 6. The van der Waals surface area contributed by atoms with Crippen LogP contribution in [-0.4, -0.2) is 20.5 Å². The van der Waals surface area contributed by atoms with Gasteiger partial charge in [-0.3, -0.25) is 4.98 Å². The Morgan fingerprint density at radius 3 is 2.11 bits per heavy atom. The van der Waals surface area contributed by atoms with Crippen LogP contribution < -0.4 is 9.15 Å². The summed E-state index contributed by atoms with van der Waals surface area (Å²) in [7, 11) is 0. The van der Waals surface area contributed by atoms with Gasteiger partial charge in [0, 0.05) is 35.6 Å². The minimum Gasteiger partial charge on any atom is -0.318 e. The van der Waals surface area contributed by atoms with Gasteiger partial charge in [0.15, 0.2) is 0 Å². The van der Waals surface area contributed by atoms with E-state index in [-0.39, 0.29) is 72.5 Å². The number of pyridine rings is 2. The second-order valence-corrected chi connectivity index (χ2v) is 16.2. The number of hydrogen-bond acceptors (Lipinski definition) is 2. The average molecular weight is 915 g/mol. The summed E-state index contributed by atoms with van der Waals surface area (Å²) in [5.74, 6) is -2.80. The van der Waals surface area contributed by atoms with E-state index in [0.29, 0.717) is 16.9 Å². The molecule has 0 atom stereocenters. The number of aromatic nitrogens is 3. The minimum absolute atomic E-state index is 0. The van der Waals surface area contributed by atoms with Crippen LogP contribution in [0.4, 0.5) is 31.5 Å². The summed E-state index contributed by atoms with van der Waals surface area (Å²) in [4.78, 5) is 8.97. The third kappa shape index (κ3) is 6.58. The number of halogens is 2. The van der Waals surface area contributed by atoms with Crippen molar-refractivity contribution in [1.82, 2.24) is 23.7 Å². The molecule has 0 unspecified atom stereocenters. The molecule has 5 nitrogen and oxygen atoms in total. The fraction of sp³-hybridized carbons (Fsp3) is 0.255. The monoisotopic (exact) mass is 914 g/mol. The topological polar surface area (TPSA) is 36.7 Å². The van der Waals surface area contributed by atoms with Crippen molar-refractivity contribution in [1.29, 1.82) is 0 Å². The minimum atomic E-state index is -3.59. The largest absolute Gasteiger partial charge is 2.00 e. The van der Waals surface area contributed by atoms with Crippen molar-refractivity contribution in [3.63, 3.8) is 0 Å². The van der Waals surface area contributed by atoms with Gasteiger partial charge in [-0.15, -0.1) is 11.5 Å². The Morgan fingerprint density at radius 2 is 1.44 bits per heavy atom. The standard InChI is InChI=1S/C47H43F2N5.Pt/c1-30(2)31-21-24-51-43(25-31)54-41-27-33(19-20-35(41)36-22-23-50-28-42(36)54)47(48,49)32-13-11-14-34(26-32)52-29-53(40-18-10-9-17-39(40)52)44-37(45(3,4)5)15-12-16-38(44)46(6,7)8;/h9-25,28,30H,1-8H3;/q;+2/i9D,10D,17D,18D;. The molecule has 55 heavy (non-hydrogen) atoms. The Kier molecular flexibility index (Phi) is 8.40. The van der Waals surface area contributed by atoms with Crippen LogP contribution in [0.25, 0.3) is 27.6 Å². The van der Waals surface area contributed by atoms with Crippen molar-refractivity contribution in [2.75, 3.05) is 0 Å². The van der Waals surface area contributed by atoms with Crippen molar-refractivity contribution in [3.8, 4) is 5.82 Å². The molecule has 0 radical (unpaired) electrons. The van der Waals surface area contributed by atoms with Crippen molar-refractivity contribution < 1.29 is 35.3 Å². The van der Waals surface area contributed by atoms with Crippen molar-refractivity contribution in [2.24, 2.45) is 0 Å². The van der Waals surface area contributed by atoms with Gasteiger partial charge in [0.2, 0.25) is 5.69 Å². The summed E-state index contributed by atoms with van der Waals surface area (Å²) >= 11 is 0. The molecule has 0 amide bonds. The van der Waals surface area contributed by atoms with Gasteiger partial charge in [0.1, 0.15) is 11.5 Å². The first kappa shape index (κ1) is 33.3. The summed E-state index contributed by atoms with van der Waals surface area (Å²) in [6.45, 7) is 16.6. The van der Waals surface area contributed by atoms with Gasteiger partial charge in [-0.1, -0.05) is 119 Å². The Hall–Kier alpha value is -5.09. The Labute approximate surface area is 341 Å². The first-order valence-corrected chi connectivity index (χ1v) is 18.1. The summed E-state index contributed by atoms with van der Waals surface area (Å²) in [5.41, 5.74) is 3.60. The summed E-state index contributed by atoms with van der Waals surface area (Å²) in [6.07, 6.45) is 5.09. The molecule has 1 aliphatic rings. The second-order valence-electron chi connectivity index (χ2n) is 16.2. The molecule has 0 saturated carbocycles. The zero-order valence-electron chi connectivity index (χ0n) is 36.0. The van der Waals surface area contributed by atoms with Gasteiger partial charge < -0.3 is 4.57 Å². The van der Waals surface area contributed by atoms with E-state index in [1.54, 1.807) is 35.3 Å². The molecule has 8 rings (SSSR count). The molecule has 4 aromatic carbocycles. The van der Waals surface area contributed by atoms with Crippen LogP contribution in [0.15, 0.2) is 109 Å². The predicted molar refractivity (Wildman–Crippen MR) is 216 cm³/mol. The maximum Gasteiger partial charge on any atom is 2.00 e. The zero-order chi connectivity index (χ0) is 41.6. The molecule has 3 aromatic heterocycles. The SMILES string of the molecule is [2H]c1c([2H])c([2H])c2c(c1[2H])[N+](c1[c-]c(C(F)(F)c3[c-]c4c(cc3)c3ccncc3n4-c3cc(C(C)C)ccn3)ccc1)=C=[N+]2c1c(C(C)(C)C)cccc1C(C)(C)C.[Pt+2]. The predicted octanol–water partition coefficient (Wildman–Crippen LogP) is 11.9. The van der Waals surface area contributed by atoms with Gasteiger partial charge in [-0.2, -0.15) is 24.3 Å². The van der Waals surface area contributed by atoms with Crippen LogP contribution in [-0.2, 0) is 37.8 Å². The number of para-hydroxylation sites is 3. The molecule has 1 aliphatic heterocycles. The van der Waals surface area contributed by atoms with Crippen molar-refractivity contribution in [2.45, 2.75) is 78.1 Å². The molecule has 0 N–H and O–H groups in total.